The monoisotopic (exact) mass is 343 g/mol. The lowest BCUT2D eigenvalue weighted by molar-refractivity contribution is -0.158. The van der Waals surface area contributed by atoms with Gasteiger partial charge in [0.05, 0.1) is 13.2 Å². The van der Waals surface area contributed by atoms with Crippen molar-refractivity contribution in [2.75, 3.05) is 19.8 Å². The molecule has 3 atom stereocenters. The molecule has 128 valence electrons. The Hall–Kier alpha value is -1.52. The van der Waals surface area contributed by atoms with Crippen LogP contribution in [0.1, 0.15) is 13.8 Å². The highest BCUT2D eigenvalue weighted by Gasteiger charge is 2.27. The fourth-order valence-electron chi connectivity index (χ4n) is 1.02. The Kier molecular flexibility index (Phi) is 8.83. The Morgan fingerprint density at radius 1 is 1.09 bits per heavy atom. The molecule has 0 fully saturated rings. The van der Waals surface area contributed by atoms with Crippen molar-refractivity contribution in [2.45, 2.75) is 26.0 Å². The minimum atomic E-state index is -4.61. The Labute approximate surface area is 125 Å². The number of nitrogens with two attached hydrogens (primary N) is 1. The summed E-state index contributed by atoms with van der Waals surface area (Å²) in [4.78, 5) is 41.3. The molecule has 0 spiro atoms. The first-order valence-electron chi connectivity index (χ1n) is 5.94. The third-order valence-corrected chi connectivity index (χ3v) is 2.91. The van der Waals surface area contributed by atoms with Gasteiger partial charge < -0.3 is 25.2 Å². The molecule has 0 saturated carbocycles. The third-order valence-electron chi connectivity index (χ3n) is 1.96. The number of carboxylic acid groups (broad SMARTS) is 1. The minimum Gasteiger partial charge on any atom is -0.480 e. The van der Waals surface area contributed by atoms with Gasteiger partial charge in [-0.25, -0.2) is 4.57 Å². The van der Waals surface area contributed by atoms with E-state index in [4.69, 9.17) is 15.6 Å². The van der Waals surface area contributed by atoms with Gasteiger partial charge in [-0.2, -0.15) is 0 Å². The molecule has 0 bridgehead atoms. The van der Waals surface area contributed by atoms with Crippen molar-refractivity contribution in [3.05, 3.63) is 0 Å². The van der Waals surface area contributed by atoms with Crippen molar-refractivity contribution < 1.29 is 47.5 Å². The molecule has 12 heteroatoms. The van der Waals surface area contributed by atoms with Gasteiger partial charge in [0.25, 0.3) is 0 Å². The molecule has 0 aromatic rings. The highest BCUT2D eigenvalue weighted by molar-refractivity contribution is 7.47. The van der Waals surface area contributed by atoms with E-state index >= 15 is 0 Å². The minimum absolute atomic E-state index is 0.385. The zero-order valence-electron chi connectivity index (χ0n) is 12.0. The number of phosphoric ester groups is 1. The van der Waals surface area contributed by atoms with Crippen LogP contribution in [-0.2, 0) is 37.5 Å². The number of ether oxygens (including phenoxy) is 2. The topological polar surface area (TPSA) is 172 Å². The molecule has 0 amide bonds. The highest BCUT2D eigenvalue weighted by Crippen LogP contribution is 2.43. The molecule has 0 aromatic heterocycles. The Morgan fingerprint density at radius 2 is 1.64 bits per heavy atom. The van der Waals surface area contributed by atoms with E-state index in [0.29, 0.717) is 0 Å². The summed E-state index contributed by atoms with van der Waals surface area (Å²) in [6, 6.07) is -1.51. The van der Waals surface area contributed by atoms with E-state index < -0.39 is 51.1 Å². The number of aliphatic carboxylic acids is 1. The summed E-state index contributed by atoms with van der Waals surface area (Å²) in [5.74, 6) is -2.79. The molecule has 0 saturated heterocycles. The standard InChI is InChI=1S/C10H18NO10P/c1-6(12)18-3-8(21-7(2)13)4-19-22(16,17)20-5-9(11)10(14)15/h8-9H,3-5,11H2,1-2H3,(H,14,15)(H,16,17)/t8-,9+/m1/s1. The summed E-state index contributed by atoms with van der Waals surface area (Å²) in [5.41, 5.74) is 5.09. The molecule has 0 aliphatic heterocycles. The summed E-state index contributed by atoms with van der Waals surface area (Å²) in [5, 5.41) is 8.49. The number of carboxylic acids is 1. The SMILES string of the molecule is CC(=O)OC[C@H](COP(=O)(O)OC[C@H](N)C(=O)O)OC(C)=O. The second kappa shape index (κ2) is 9.49. The molecule has 0 heterocycles. The molecule has 0 aliphatic carbocycles. The van der Waals surface area contributed by atoms with Crippen molar-refractivity contribution in [2.24, 2.45) is 5.73 Å². The summed E-state index contributed by atoms with van der Waals surface area (Å²) >= 11 is 0. The number of hydrogen-bond acceptors (Lipinski definition) is 9. The van der Waals surface area contributed by atoms with Gasteiger partial charge >= 0.3 is 25.7 Å². The molecular formula is C10H18NO10P. The zero-order chi connectivity index (χ0) is 17.3. The van der Waals surface area contributed by atoms with Crippen LogP contribution in [0.2, 0.25) is 0 Å². The smallest absolute Gasteiger partial charge is 0.472 e. The van der Waals surface area contributed by atoms with Crippen molar-refractivity contribution in [1.82, 2.24) is 0 Å². The molecule has 4 N–H and O–H groups in total. The number of carbonyl (C=O) groups excluding carboxylic acids is 2. The molecule has 1 unspecified atom stereocenters. The van der Waals surface area contributed by atoms with E-state index in [1.807, 2.05) is 0 Å². The van der Waals surface area contributed by atoms with Crippen molar-refractivity contribution in [3.63, 3.8) is 0 Å². The van der Waals surface area contributed by atoms with Crippen LogP contribution in [0.3, 0.4) is 0 Å². The Balaban J connectivity index is 4.41. The number of hydrogen-bond donors (Lipinski definition) is 3. The predicted octanol–water partition coefficient (Wildman–Crippen LogP) is -0.973. The maximum atomic E-state index is 11.5. The number of rotatable bonds is 10. The van der Waals surface area contributed by atoms with Gasteiger partial charge in [-0.3, -0.25) is 23.4 Å². The molecule has 11 nitrogen and oxygen atoms in total. The number of esters is 2. The lowest BCUT2D eigenvalue weighted by Gasteiger charge is -2.19. The van der Waals surface area contributed by atoms with E-state index in [1.54, 1.807) is 0 Å². The van der Waals surface area contributed by atoms with Gasteiger partial charge in [-0.15, -0.1) is 0 Å². The van der Waals surface area contributed by atoms with Crippen LogP contribution < -0.4 is 5.73 Å². The lowest BCUT2D eigenvalue weighted by atomic mass is 10.3. The van der Waals surface area contributed by atoms with Crippen molar-refractivity contribution in [1.29, 1.82) is 0 Å². The van der Waals surface area contributed by atoms with Gasteiger partial charge in [0, 0.05) is 13.8 Å². The van der Waals surface area contributed by atoms with Crippen LogP contribution >= 0.6 is 7.82 Å². The second-order valence-electron chi connectivity index (χ2n) is 4.04. The first-order valence-corrected chi connectivity index (χ1v) is 7.44. The van der Waals surface area contributed by atoms with Crippen molar-refractivity contribution in [3.8, 4) is 0 Å². The van der Waals surface area contributed by atoms with E-state index in [2.05, 4.69) is 13.8 Å². The molecule has 22 heavy (non-hydrogen) atoms. The summed E-state index contributed by atoms with van der Waals surface area (Å²) in [7, 11) is -4.61. The molecule has 0 rings (SSSR count). The van der Waals surface area contributed by atoms with E-state index in [0.717, 1.165) is 13.8 Å². The summed E-state index contributed by atoms with van der Waals surface area (Å²) < 4.78 is 29.7. The second-order valence-corrected chi connectivity index (χ2v) is 5.49. The van der Waals surface area contributed by atoms with Crippen LogP contribution in [-0.4, -0.2) is 59.9 Å². The van der Waals surface area contributed by atoms with Gasteiger partial charge in [-0.1, -0.05) is 0 Å². The summed E-state index contributed by atoms with van der Waals surface area (Å²) in [6.07, 6.45) is -1.13. The van der Waals surface area contributed by atoms with E-state index in [-0.39, 0.29) is 6.61 Å². The third kappa shape index (κ3) is 10.2. The first kappa shape index (κ1) is 20.5. The summed E-state index contributed by atoms with van der Waals surface area (Å²) in [6.45, 7) is 0.457. The van der Waals surface area contributed by atoms with Crippen LogP contribution in [0.4, 0.5) is 0 Å². The fraction of sp³-hybridized carbons (Fsp3) is 0.700. The Bertz CT molecular complexity index is 453. The van der Waals surface area contributed by atoms with Gasteiger partial charge in [-0.05, 0) is 0 Å². The largest absolute Gasteiger partial charge is 0.480 e. The van der Waals surface area contributed by atoms with E-state index in [1.165, 1.54) is 0 Å². The van der Waals surface area contributed by atoms with Crippen LogP contribution in [0.5, 0.6) is 0 Å². The quantitative estimate of drug-likeness (QED) is 0.329. The lowest BCUT2D eigenvalue weighted by Crippen LogP contribution is -2.34. The highest BCUT2D eigenvalue weighted by atomic mass is 31.2. The number of carbonyl (C=O) groups is 3. The first-order chi connectivity index (χ1) is 10.0. The van der Waals surface area contributed by atoms with Crippen LogP contribution in [0.25, 0.3) is 0 Å². The Morgan fingerprint density at radius 3 is 2.09 bits per heavy atom. The van der Waals surface area contributed by atoms with Crippen molar-refractivity contribution >= 4 is 25.7 Å². The van der Waals surface area contributed by atoms with E-state index in [9.17, 15) is 23.8 Å². The molecular weight excluding hydrogens is 325 g/mol. The normalized spacial score (nSPS) is 16.2. The average Bonchev–Trinajstić information content (AvgIpc) is 2.38. The van der Waals surface area contributed by atoms with Gasteiger partial charge in [0.2, 0.25) is 0 Å². The maximum Gasteiger partial charge on any atom is 0.472 e. The average molecular weight is 343 g/mol. The van der Waals surface area contributed by atoms with Crippen LogP contribution in [0.15, 0.2) is 0 Å². The molecule has 0 aromatic carbocycles. The predicted molar refractivity (Wildman–Crippen MR) is 69.5 cm³/mol. The van der Waals surface area contributed by atoms with Gasteiger partial charge in [0.1, 0.15) is 12.6 Å². The van der Waals surface area contributed by atoms with Crippen LogP contribution in [0, 0.1) is 0 Å². The van der Waals surface area contributed by atoms with Gasteiger partial charge in [0.15, 0.2) is 6.10 Å². The molecule has 0 radical (unpaired) electrons. The maximum absolute atomic E-state index is 11.5. The zero-order valence-corrected chi connectivity index (χ0v) is 12.9. The number of phosphoric acid groups is 1. The molecule has 0 aliphatic rings. The fourth-order valence-corrected chi connectivity index (χ4v) is 1.80.